The van der Waals surface area contributed by atoms with Gasteiger partial charge in [-0.3, -0.25) is 9.36 Å². The molecular formula is C9H6ClNO4. The maximum absolute atomic E-state index is 11.3. The molecule has 0 aliphatic heterocycles. The lowest BCUT2D eigenvalue weighted by atomic mass is 10.3. The average molecular weight is 228 g/mol. The normalized spacial score (nSPS) is 10.7. The number of carbonyl (C=O) groups is 1. The number of rotatable bonds is 2. The number of halogens is 1. The molecule has 1 N–H and O–H groups in total. The zero-order chi connectivity index (χ0) is 11.0. The van der Waals surface area contributed by atoms with Crippen LogP contribution in [-0.4, -0.2) is 15.6 Å². The lowest BCUT2D eigenvalue weighted by molar-refractivity contribution is -0.137. The van der Waals surface area contributed by atoms with Crippen molar-refractivity contribution in [1.82, 2.24) is 4.57 Å². The molecule has 15 heavy (non-hydrogen) atoms. The SMILES string of the molecule is O=C(O)Cn1c(=O)oc2cc(Cl)ccc21. The maximum atomic E-state index is 11.3. The quantitative estimate of drug-likeness (QED) is 0.840. The molecule has 0 saturated carbocycles. The molecule has 0 atom stereocenters. The highest BCUT2D eigenvalue weighted by Crippen LogP contribution is 2.18. The molecule has 0 aliphatic carbocycles. The second kappa shape index (κ2) is 3.43. The van der Waals surface area contributed by atoms with E-state index in [2.05, 4.69) is 0 Å². The molecule has 0 spiro atoms. The molecule has 0 saturated heterocycles. The number of oxazole rings is 1. The summed E-state index contributed by atoms with van der Waals surface area (Å²) >= 11 is 5.70. The first-order chi connectivity index (χ1) is 7.08. The molecule has 0 fully saturated rings. The van der Waals surface area contributed by atoms with Gasteiger partial charge in [-0.2, -0.15) is 0 Å². The first-order valence-corrected chi connectivity index (χ1v) is 4.46. The van der Waals surface area contributed by atoms with Crippen molar-refractivity contribution in [2.75, 3.05) is 0 Å². The molecule has 1 aromatic carbocycles. The lowest BCUT2D eigenvalue weighted by Crippen LogP contribution is -2.19. The number of benzene rings is 1. The Balaban J connectivity index is 2.68. The average Bonchev–Trinajstić information content (AvgIpc) is 2.41. The van der Waals surface area contributed by atoms with Crippen LogP contribution in [-0.2, 0) is 11.3 Å². The number of hydrogen-bond acceptors (Lipinski definition) is 3. The van der Waals surface area contributed by atoms with Gasteiger partial charge in [0.15, 0.2) is 5.58 Å². The summed E-state index contributed by atoms with van der Waals surface area (Å²) in [6.07, 6.45) is 0. The molecule has 0 amide bonds. The van der Waals surface area contributed by atoms with Gasteiger partial charge in [-0.1, -0.05) is 11.6 Å². The highest BCUT2D eigenvalue weighted by atomic mass is 35.5. The summed E-state index contributed by atoms with van der Waals surface area (Å²) in [5, 5.41) is 9.03. The van der Waals surface area contributed by atoms with Gasteiger partial charge >= 0.3 is 11.7 Å². The van der Waals surface area contributed by atoms with Crippen molar-refractivity contribution in [2.24, 2.45) is 0 Å². The Hall–Kier alpha value is -1.75. The van der Waals surface area contributed by atoms with Crippen molar-refractivity contribution in [3.8, 4) is 0 Å². The highest BCUT2D eigenvalue weighted by Gasteiger charge is 2.11. The number of nitrogens with zero attached hydrogens (tertiary/aromatic N) is 1. The Morgan fingerprint density at radius 3 is 2.93 bits per heavy atom. The molecule has 1 aromatic heterocycles. The molecule has 0 bridgehead atoms. The Kier molecular flexibility index (Phi) is 2.24. The number of aromatic nitrogens is 1. The second-order valence-corrected chi connectivity index (χ2v) is 3.40. The number of hydrogen-bond donors (Lipinski definition) is 1. The van der Waals surface area contributed by atoms with E-state index in [0.29, 0.717) is 10.5 Å². The van der Waals surface area contributed by atoms with Gasteiger partial charge in [0.25, 0.3) is 0 Å². The molecule has 2 rings (SSSR count). The summed E-state index contributed by atoms with van der Waals surface area (Å²) in [4.78, 5) is 21.8. The van der Waals surface area contributed by atoms with E-state index in [1.54, 1.807) is 12.1 Å². The molecule has 1 heterocycles. The van der Waals surface area contributed by atoms with Crippen molar-refractivity contribution in [1.29, 1.82) is 0 Å². The monoisotopic (exact) mass is 227 g/mol. The standard InChI is InChI=1S/C9H6ClNO4/c10-5-1-2-6-7(3-5)15-9(14)11(6)4-8(12)13/h1-3H,4H2,(H,12,13). The fourth-order valence-electron chi connectivity index (χ4n) is 1.33. The molecule has 2 aromatic rings. The van der Waals surface area contributed by atoms with Gasteiger partial charge in [-0.15, -0.1) is 0 Å². The van der Waals surface area contributed by atoms with E-state index in [0.717, 1.165) is 4.57 Å². The Morgan fingerprint density at radius 1 is 1.53 bits per heavy atom. The highest BCUT2D eigenvalue weighted by molar-refractivity contribution is 6.31. The van der Waals surface area contributed by atoms with Crippen LogP contribution in [0.2, 0.25) is 5.02 Å². The zero-order valence-corrected chi connectivity index (χ0v) is 8.19. The molecule has 78 valence electrons. The Labute approximate surface area is 88.5 Å². The molecule has 6 heteroatoms. The summed E-state index contributed by atoms with van der Waals surface area (Å²) in [6, 6.07) is 4.58. The van der Waals surface area contributed by atoms with E-state index in [1.807, 2.05) is 0 Å². The molecule has 0 radical (unpaired) electrons. The van der Waals surface area contributed by atoms with Crippen LogP contribution in [0.3, 0.4) is 0 Å². The van der Waals surface area contributed by atoms with Crippen molar-refractivity contribution < 1.29 is 14.3 Å². The Morgan fingerprint density at radius 2 is 2.27 bits per heavy atom. The number of carboxylic acids is 1. The first-order valence-electron chi connectivity index (χ1n) is 4.08. The van der Waals surface area contributed by atoms with Gasteiger partial charge in [-0.05, 0) is 12.1 Å². The number of fused-ring (bicyclic) bond motifs is 1. The van der Waals surface area contributed by atoms with Crippen LogP contribution in [0.1, 0.15) is 0 Å². The van der Waals surface area contributed by atoms with Gasteiger partial charge in [0.2, 0.25) is 0 Å². The Bertz CT molecular complexity index is 583. The summed E-state index contributed by atoms with van der Waals surface area (Å²) in [5.41, 5.74) is 0.709. The summed E-state index contributed by atoms with van der Waals surface area (Å²) in [7, 11) is 0. The first kappa shape index (κ1) is 9.79. The predicted molar refractivity (Wildman–Crippen MR) is 53.1 cm³/mol. The largest absolute Gasteiger partial charge is 0.480 e. The van der Waals surface area contributed by atoms with Crippen LogP contribution in [0.15, 0.2) is 27.4 Å². The van der Waals surface area contributed by atoms with E-state index >= 15 is 0 Å². The van der Waals surface area contributed by atoms with Gasteiger partial charge < -0.3 is 9.52 Å². The number of aliphatic carboxylic acids is 1. The third-order valence-corrected chi connectivity index (χ3v) is 2.16. The van der Waals surface area contributed by atoms with E-state index in [1.165, 1.54) is 6.07 Å². The third-order valence-electron chi connectivity index (χ3n) is 1.92. The molecule has 5 nitrogen and oxygen atoms in total. The van der Waals surface area contributed by atoms with Crippen LogP contribution < -0.4 is 5.76 Å². The van der Waals surface area contributed by atoms with Gasteiger partial charge in [-0.25, -0.2) is 4.79 Å². The van der Waals surface area contributed by atoms with E-state index in [4.69, 9.17) is 21.1 Å². The minimum atomic E-state index is -1.10. The van der Waals surface area contributed by atoms with Crippen LogP contribution in [0.4, 0.5) is 0 Å². The van der Waals surface area contributed by atoms with E-state index in [9.17, 15) is 9.59 Å². The topological polar surface area (TPSA) is 72.4 Å². The van der Waals surface area contributed by atoms with Crippen LogP contribution in [0, 0.1) is 0 Å². The minimum absolute atomic E-state index is 0.286. The molecule has 0 unspecified atom stereocenters. The van der Waals surface area contributed by atoms with E-state index in [-0.39, 0.29) is 5.58 Å². The smallest absolute Gasteiger partial charge is 0.420 e. The van der Waals surface area contributed by atoms with Crippen molar-refractivity contribution in [2.45, 2.75) is 6.54 Å². The van der Waals surface area contributed by atoms with Crippen molar-refractivity contribution in [3.63, 3.8) is 0 Å². The summed E-state index contributed by atoms with van der Waals surface area (Å²) in [6.45, 7) is -0.423. The summed E-state index contributed by atoms with van der Waals surface area (Å²) < 4.78 is 5.88. The fourth-order valence-corrected chi connectivity index (χ4v) is 1.49. The second-order valence-electron chi connectivity index (χ2n) is 2.96. The molecule has 0 aliphatic rings. The summed E-state index contributed by atoms with van der Waals surface area (Å²) in [5.74, 6) is -1.80. The van der Waals surface area contributed by atoms with Crippen LogP contribution in [0.25, 0.3) is 11.1 Å². The third kappa shape index (κ3) is 1.73. The molecular weight excluding hydrogens is 222 g/mol. The maximum Gasteiger partial charge on any atom is 0.420 e. The van der Waals surface area contributed by atoms with Gasteiger partial charge in [0, 0.05) is 11.1 Å². The van der Waals surface area contributed by atoms with Gasteiger partial charge in [0.05, 0.1) is 5.52 Å². The lowest BCUT2D eigenvalue weighted by Gasteiger charge is -1.96. The predicted octanol–water partition coefficient (Wildman–Crippen LogP) is 1.33. The van der Waals surface area contributed by atoms with Gasteiger partial charge in [0.1, 0.15) is 6.54 Å². The number of carboxylic acid groups (broad SMARTS) is 1. The van der Waals surface area contributed by atoms with Crippen molar-refractivity contribution >= 4 is 28.7 Å². The fraction of sp³-hybridized carbons (Fsp3) is 0.111. The van der Waals surface area contributed by atoms with Crippen molar-refractivity contribution in [3.05, 3.63) is 33.8 Å². The zero-order valence-electron chi connectivity index (χ0n) is 7.44. The van der Waals surface area contributed by atoms with Crippen LogP contribution >= 0.6 is 11.6 Å². The van der Waals surface area contributed by atoms with E-state index < -0.39 is 18.3 Å². The minimum Gasteiger partial charge on any atom is -0.480 e. The van der Waals surface area contributed by atoms with Crippen LogP contribution in [0.5, 0.6) is 0 Å².